The third kappa shape index (κ3) is 3.76. The van der Waals surface area contributed by atoms with Crippen LogP contribution >= 0.6 is 11.6 Å². The number of nitrogens with one attached hydrogen (secondary N) is 1. The van der Waals surface area contributed by atoms with Gasteiger partial charge in [-0.2, -0.15) is 0 Å². The molecule has 1 fully saturated rings. The van der Waals surface area contributed by atoms with Crippen molar-refractivity contribution in [2.75, 3.05) is 26.3 Å². The fourth-order valence-corrected chi connectivity index (χ4v) is 3.14. The van der Waals surface area contributed by atoms with Gasteiger partial charge in [0.15, 0.2) is 0 Å². The van der Waals surface area contributed by atoms with Gasteiger partial charge in [-0.15, -0.1) is 0 Å². The van der Waals surface area contributed by atoms with Gasteiger partial charge in [0.1, 0.15) is 0 Å². The largest absolute Gasteiger partial charge is 0.381 e. The number of rotatable bonds is 6. The van der Waals surface area contributed by atoms with Gasteiger partial charge in [0, 0.05) is 24.8 Å². The van der Waals surface area contributed by atoms with Crippen LogP contribution in [-0.4, -0.2) is 32.2 Å². The van der Waals surface area contributed by atoms with E-state index < -0.39 is 5.41 Å². The molecule has 0 radical (unpaired) electrons. The molecule has 21 heavy (non-hydrogen) atoms. The number of amides is 1. The van der Waals surface area contributed by atoms with Crippen molar-refractivity contribution in [2.24, 2.45) is 5.73 Å². The third-order valence-corrected chi connectivity index (χ3v) is 4.42. The summed E-state index contributed by atoms with van der Waals surface area (Å²) >= 11 is 6.34. The van der Waals surface area contributed by atoms with E-state index in [2.05, 4.69) is 5.32 Å². The molecule has 2 rings (SSSR count). The van der Waals surface area contributed by atoms with Crippen LogP contribution in [0.1, 0.15) is 31.2 Å². The first-order valence-electron chi connectivity index (χ1n) is 7.52. The Morgan fingerprint density at radius 1 is 1.29 bits per heavy atom. The van der Waals surface area contributed by atoms with Crippen LogP contribution in [-0.2, 0) is 14.9 Å². The Kier molecular flexibility index (Phi) is 6.03. The second-order valence-corrected chi connectivity index (χ2v) is 5.83. The summed E-state index contributed by atoms with van der Waals surface area (Å²) in [6, 6.07) is 7.61. The molecule has 0 aromatic heterocycles. The molecule has 1 aliphatic rings. The van der Waals surface area contributed by atoms with E-state index in [1.165, 1.54) is 0 Å². The van der Waals surface area contributed by atoms with Gasteiger partial charge in [0.05, 0.1) is 5.41 Å². The molecule has 0 bridgehead atoms. The van der Waals surface area contributed by atoms with Gasteiger partial charge in [-0.3, -0.25) is 4.79 Å². The van der Waals surface area contributed by atoms with Crippen LogP contribution < -0.4 is 11.1 Å². The van der Waals surface area contributed by atoms with Gasteiger partial charge in [0.2, 0.25) is 5.91 Å². The van der Waals surface area contributed by atoms with Gasteiger partial charge in [-0.1, -0.05) is 29.8 Å². The lowest BCUT2D eigenvalue weighted by Gasteiger charge is -2.36. The summed E-state index contributed by atoms with van der Waals surface area (Å²) in [5.74, 6) is 0.0518. The topological polar surface area (TPSA) is 64.3 Å². The number of carbonyl (C=O) groups is 1. The second-order valence-electron chi connectivity index (χ2n) is 5.43. The van der Waals surface area contributed by atoms with Crippen LogP contribution in [0.5, 0.6) is 0 Å². The summed E-state index contributed by atoms with van der Waals surface area (Å²) in [5, 5.41) is 3.69. The Bertz CT molecular complexity index is 473. The standard InChI is InChI=1S/C16H23ClN2O2/c17-14-6-2-1-5-13(14)16(7-11-21-12-8-16)15(20)19-10-4-3-9-18/h1-2,5-6H,3-4,7-12,18H2,(H,19,20). The first-order chi connectivity index (χ1) is 10.2. The number of hydrogen-bond donors (Lipinski definition) is 2. The normalized spacial score (nSPS) is 17.4. The highest BCUT2D eigenvalue weighted by molar-refractivity contribution is 6.31. The van der Waals surface area contributed by atoms with Crippen LogP contribution in [0.25, 0.3) is 0 Å². The maximum absolute atomic E-state index is 12.8. The zero-order valence-electron chi connectivity index (χ0n) is 12.2. The average Bonchev–Trinajstić information content (AvgIpc) is 2.52. The summed E-state index contributed by atoms with van der Waals surface area (Å²) in [5.41, 5.74) is 5.82. The molecular weight excluding hydrogens is 288 g/mol. The fraction of sp³-hybridized carbons (Fsp3) is 0.562. The summed E-state index contributed by atoms with van der Waals surface area (Å²) < 4.78 is 5.44. The zero-order valence-corrected chi connectivity index (χ0v) is 13.0. The summed E-state index contributed by atoms with van der Waals surface area (Å²) in [6.07, 6.45) is 3.15. The molecule has 5 heteroatoms. The number of ether oxygens (including phenoxy) is 1. The van der Waals surface area contributed by atoms with E-state index in [9.17, 15) is 4.79 Å². The third-order valence-electron chi connectivity index (χ3n) is 4.09. The van der Waals surface area contributed by atoms with Crippen LogP contribution in [0.3, 0.4) is 0 Å². The lowest BCUT2D eigenvalue weighted by molar-refractivity contribution is -0.130. The van der Waals surface area contributed by atoms with Crippen molar-refractivity contribution in [3.63, 3.8) is 0 Å². The van der Waals surface area contributed by atoms with Gasteiger partial charge in [0.25, 0.3) is 0 Å². The molecule has 1 aromatic rings. The molecule has 3 N–H and O–H groups in total. The van der Waals surface area contributed by atoms with Crippen molar-refractivity contribution in [1.29, 1.82) is 0 Å². The Morgan fingerprint density at radius 3 is 2.67 bits per heavy atom. The molecule has 1 aromatic carbocycles. The van der Waals surface area contributed by atoms with Gasteiger partial charge >= 0.3 is 0 Å². The Hall–Kier alpha value is -1.10. The summed E-state index contributed by atoms with van der Waals surface area (Å²) in [4.78, 5) is 12.8. The molecule has 0 atom stereocenters. The Labute approximate surface area is 131 Å². The molecule has 116 valence electrons. The van der Waals surface area contributed by atoms with Gasteiger partial charge in [-0.05, 0) is 43.9 Å². The van der Waals surface area contributed by atoms with E-state index in [4.69, 9.17) is 22.1 Å². The number of unbranched alkanes of at least 4 members (excludes halogenated alkanes) is 1. The number of halogens is 1. The highest BCUT2D eigenvalue weighted by Crippen LogP contribution is 2.38. The van der Waals surface area contributed by atoms with E-state index >= 15 is 0 Å². The molecule has 0 saturated carbocycles. The van der Waals surface area contributed by atoms with Crippen LogP contribution in [0.4, 0.5) is 0 Å². The highest BCUT2D eigenvalue weighted by atomic mass is 35.5. The molecular formula is C16H23ClN2O2. The molecule has 4 nitrogen and oxygen atoms in total. The Balaban J connectivity index is 2.17. The van der Waals surface area contributed by atoms with Gasteiger partial charge in [-0.25, -0.2) is 0 Å². The molecule has 1 amide bonds. The van der Waals surface area contributed by atoms with Crippen molar-refractivity contribution in [2.45, 2.75) is 31.1 Å². The monoisotopic (exact) mass is 310 g/mol. The SMILES string of the molecule is NCCCCNC(=O)C1(c2ccccc2Cl)CCOCC1. The van der Waals surface area contributed by atoms with Crippen molar-refractivity contribution < 1.29 is 9.53 Å². The number of nitrogens with two attached hydrogens (primary N) is 1. The first kappa shape index (κ1) is 16.3. The first-order valence-corrected chi connectivity index (χ1v) is 7.89. The van der Waals surface area contributed by atoms with Crippen molar-refractivity contribution >= 4 is 17.5 Å². The predicted molar refractivity (Wildman–Crippen MR) is 84.5 cm³/mol. The minimum absolute atomic E-state index is 0.0518. The second kappa shape index (κ2) is 7.78. The predicted octanol–water partition coefficient (Wildman–Crippen LogP) is 2.24. The lowest BCUT2D eigenvalue weighted by Crippen LogP contribution is -2.48. The van der Waals surface area contributed by atoms with E-state index in [-0.39, 0.29) is 5.91 Å². The van der Waals surface area contributed by atoms with Crippen LogP contribution in [0.2, 0.25) is 5.02 Å². The van der Waals surface area contributed by atoms with Crippen molar-refractivity contribution in [3.8, 4) is 0 Å². The average molecular weight is 311 g/mol. The van der Waals surface area contributed by atoms with Gasteiger partial charge < -0.3 is 15.8 Å². The molecule has 0 unspecified atom stereocenters. The van der Waals surface area contributed by atoms with Crippen molar-refractivity contribution in [1.82, 2.24) is 5.32 Å². The highest BCUT2D eigenvalue weighted by Gasteiger charge is 2.42. The smallest absolute Gasteiger partial charge is 0.230 e. The molecule has 0 aliphatic carbocycles. The maximum atomic E-state index is 12.8. The van der Waals surface area contributed by atoms with Crippen molar-refractivity contribution in [3.05, 3.63) is 34.9 Å². The van der Waals surface area contributed by atoms with E-state index in [0.717, 1.165) is 18.4 Å². The maximum Gasteiger partial charge on any atom is 0.230 e. The molecule has 1 heterocycles. The van der Waals surface area contributed by atoms with Crippen LogP contribution in [0.15, 0.2) is 24.3 Å². The fourth-order valence-electron chi connectivity index (χ4n) is 2.83. The van der Waals surface area contributed by atoms with E-state index in [0.29, 0.717) is 44.2 Å². The van der Waals surface area contributed by atoms with E-state index in [1.807, 2.05) is 24.3 Å². The molecule has 1 aliphatic heterocycles. The minimum Gasteiger partial charge on any atom is -0.381 e. The minimum atomic E-state index is -0.570. The van der Waals surface area contributed by atoms with E-state index in [1.54, 1.807) is 0 Å². The van der Waals surface area contributed by atoms with Crippen LogP contribution in [0, 0.1) is 0 Å². The molecule has 0 spiro atoms. The molecule has 1 saturated heterocycles. The zero-order chi connectivity index (χ0) is 15.1. The number of hydrogen-bond acceptors (Lipinski definition) is 3. The number of benzene rings is 1. The Morgan fingerprint density at radius 2 is 2.00 bits per heavy atom. The summed E-state index contributed by atoms with van der Waals surface area (Å²) in [6.45, 7) is 2.48. The number of carbonyl (C=O) groups excluding carboxylic acids is 1. The summed E-state index contributed by atoms with van der Waals surface area (Å²) in [7, 11) is 0. The lowest BCUT2D eigenvalue weighted by atomic mass is 9.73. The quantitative estimate of drug-likeness (QED) is 0.792.